The molecule has 0 saturated heterocycles. The first kappa shape index (κ1) is 20.3. The van der Waals surface area contributed by atoms with Gasteiger partial charge in [-0.15, -0.1) is 6.42 Å². The van der Waals surface area contributed by atoms with Gasteiger partial charge in [0.1, 0.15) is 5.75 Å². The van der Waals surface area contributed by atoms with E-state index in [0.29, 0.717) is 28.2 Å². The molecule has 1 heterocycles. The zero-order valence-electron chi connectivity index (χ0n) is 15.8. The highest BCUT2D eigenvalue weighted by molar-refractivity contribution is 7.16. The molecule has 0 aliphatic heterocycles. The highest BCUT2D eigenvalue weighted by atomic mass is 32.1. The molecule has 0 unspecified atom stereocenters. The topological polar surface area (TPSA) is 86.7 Å². The van der Waals surface area contributed by atoms with E-state index in [9.17, 15) is 14.9 Å². The van der Waals surface area contributed by atoms with Crippen LogP contribution < -0.4 is 9.54 Å². The van der Waals surface area contributed by atoms with Crippen molar-refractivity contribution >= 4 is 33.1 Å². The first-order chi connectivity index (χ1) is 14.0. The van der Waals surface area contributed by atoms with E-state index in [-0.39, 0.29) is 12.2 Å². The van der Waals surface area contributed by atoms with E-state index >= 15 is 0 Å². The number of nitro groups is 1. The fourth-order valence-electron chi connectivity index (χ4n) is 2.71. The summed E-state index contributed by atoms with van der Waals surface area (Å²) < 4.78 is 8.04. The van der Waals surface area contributed by atoms with Crippen molar-refractivity contribution in [1.82, 2.24) is 4.57 Å². The maximum absolute atomic E-state index is 12.7. The molecule has 0 spiro atoms. The maximum atomic E-state index is 12.7. The minimum Gasteiger partial charge on any atom is -0.494 e. The molecule has 0 aliphatic carbocycles. The van der Waals surface area contributed by atoms with Crippen LogP contribution in [-0.4, -0.2) is 22.0 Å². The van der Waals surface area contributed by atoms with Gasteiger partial charge in [-0.2, -0.15) is 4.99 Å². The van der Waals surface area contributed by atoms with Gasteiger partial charge in [0, 0.05) is 17.7 Å². The second kappa shape index (κ2) is 9.17. The third-order valence-corrected chi connectivity index (χ3v) is 5.23. The third kappa shape index (κ3) is 4.70. The van der Waals surface area contributed by atoms with E-state index < -0.39 is 10.8 Å². The summed E-state index contributed by atoms with van der Waals surface area (Å²) in [4.78, 5) is 27.9. The SMILES string of the molecule is C#CCn1c(=NC(=O)c2cccc(OCCCC)c2)sc2ccc([N+](=O)[O-])cc21. The number of carbonyl (C=O) groups excluding carboxylic acids is 1. The van der Waals surface area contributed by atoms with Crippen molar-refractivity contribution < 1.29 is 14.5 Å². The van der Waals surface area contributed by atoms with Crippen LogP contribution in [-0.2, 0) is 6.54 Å². The number of amides is 1. The van der Waals surface area contributed by atoms with E-state index in [1.54, 1.807) is 34.9 Å². The molecule has 3 aromatic rings. The lowest BCUT2D eigenvalue weighted by Gasteiger charge is -2.05. The number of terminal acetylenes is 1. The number of hydrogen-bond acceptors (Lipinski definition) is 5. The standard InChI is InChI=1S/C21H19N3O4S/c1-3-5-12-28-17-8-6-7-15(13-17)20(25)22-21-23(11-4-2)18-14-16(24(26)27)9-10-19(18)29-21/h2,6-10,13-14H,3,5,11-12H2,1H3. The molecule has 148 valence electrons. The molecular formula is C21H19N3O4S. The second-order valence-electron chi connectivity index (χ2n) is 6.23. The molecule has 1 amide bonds. The number of unbranched alkanes of at least 4 members (excludes halogenated alkanes) is 1. The molecule has 0 saturated carbocycles. The number of rotatable bonds is 7. The number of fused-ring (bicyclic) bond motifs is 1. The van der Waals surface area contributed by atoms with Gasteiger partial charge in [-0.1, -0.05) is 36.7 Å². The number of carbonyl (C=O) groups is 1. The van der Waals surface area contributed by atoms with Crippen molar-refractivity contribution in [2.45, 2.75) is 26.3 Å². The molecule has 0 fully saturated rings. The van der Waals surface area contributed by atoms with Crippen LogP contribution in [0.5, 0.6) is 5.75 Å². The third-order valence-electron chi connectivity index (χ3n) is 4.17. The van der Waals surface area contributed by atoms with Crippen LogP contribution in [0.15, 0.2) is 47.5 Å². The van der Waals surface area contributed by atoms with Gasteiger partial charge < -0.3 is 9.30 Å². The summed E-state index contributed by atoms with van der Waals surface area (Å²) in [5.74, 6) is 2.69. The summed E-state index contributed by atoms with van der Waals surface area (Å²) in [6.07, 6.45) is 7.41. The number of nitro benzene ring substituents is 1. The molecular weight excluding hydrogens is 390 g/mol. The number of thiazole rings is 1. The molecule has 2 aromatic carbocycles. The Hall–Kier alpha value is -3.44. The van der Waals surface area contributed by atoms with Crippen molar-refractivity contribution in [3.63, 3.8) is 0 Å². The van der Waals surface area contributed by atoms with Crippen molar-refractivity contribution in [2.24, 2.45) is 4.99 Å². The van der Waals surface area contributed by atoms with E-state index in [1.807, 2.05) is 0 Å². The minimum absolute atomic E-state index is 0.0455. The first-order valence-electron chi connectivity index (χ1n) is 9.06. The quantitative estimate of drug-likeness (QED) is 0.254. The largest absolute Gasteiger partial charge is 0.494 e. The zero-order chi connectivity index (χ0) is 20.8. The molecule has 3 rings (SSSR count). The fourth-order valence-corrected chi connectivity index (χ4v) is 3.71. The number of non-ortho nitro benzene ring substituents is 1. The highest BCUT2D eigenvalue weighted by Gasteiger charge is 2.13. The Kier molecular flexibility index (Phi) is 6.42. The predicted molar refractivity (Wildman–Crippen MR) is 112 cm³/mol. The summed E-state index contributed by atoms with van der Waals surface area (Å²) in [6.45, 7) is 2.81. The summed E-state index contributed by atoms with van der Waals surface area (Å²) in [6, 6.07) is 11.4. The van der Waals surface area contributed by atoms with Crippen LogP contribution in [0.4, 0.5) is 5.69 Å². The van der Waals surface area contributed by atoms with Gasteiger partial charge in [0.05, 0.1) is 28.3 Å². The number of ether oxygens (including phenoxy) is 1. The van der Waals surface area contributed by atoms with Gasteiger partial charge in [0.15, 0.2) is 4.80 Å². The van der Waals surface area contributed by atoms with Crippen LogP contribution in [0.3, 0.4) is 0 Å². The molecule has 0 aliphatic rings. The highest BCUT2D eigenvalue weighted by Crippen LogP contribution is 2.23. The van der Waals surface area contributed by atoms with Crippen molar-refractivity contribution in [3.8, 4) is 18.1 Å². The Morgan fingerprint density at radius 3 is 2.90 bits per heavy atom. The maximum Gasteiger partial charge on any atom is 0.279 e. The Morgan fingerprint density at radius 2 is 2.17 bits per heavy atom. The summed E-state index contributed by atoms with van der Waals surface area (Å²) in [5.41, 5.74) is 0.927. The Morgan fingerprint density at radius 1 is 1.34 bits per heavy atom. The van der Waals surface area contributed by atoms with Crippen molar-refractivity contribution in [2.75, 3.05) is 6.61 Å². The fraction of sp³-hybridized carbons (Fsp3) is 0.238. The lowest BCUT2D eigenvalue weighted by Crippen LogP contribution is -2.16. The average Bonchev–Trinajstić information content (AvgIpc) is 3.05. The number of nitrogens with zero attached hydrogens (tertiary/aromatic N) is 3. The van der Waals surface area contributed by atoms with Crippen LogP contribution in [0.1, 0.15) is 30.1 Å². The molecule has 29 heavy (non-hydrogen) atoms. The van der Waals surface area contributed by atoms with Gasteiger partial charge in [0.25, 0.3) is 11.6 Å². The number of aromatic nitrogens is 1. The monoisotopic (exact) mass is 409 g/mol. The van der Waals surface area contributed by atoms with Crippen LogP contribution in [0.2, 0.25) is 0 Å². The van der Waals surface area contributed by atoms with Crippen LogP contribution >= 0.6 is 11.3 Å². The number of hydrogen-bond donors (Lipinski definition) is 0. The number of benzene rings is 2. The Bertz CT molecular complexity index is 1170. The molecule has 0 atom stereocenters. The van der Waals surface area contributed by atoms with Gasteiger partial charge in [0.2, 0.25) is 0 Å². The average molecular weight is 409 g/mol. The van der Waals surface area contributed by atoms with E-state index in [2.05, 4.69) is 17.8 Å². The molecule has 0 N–H and O–H groups in total. The molecule has 0 bridgehead atoms. The van der Waals surface area contributed by atoms with Crippen LogP contribution in [0.25, 0.3) is 10.2 Å². The van der Waals surface area contributed by atoms with Crippen LogP contribution in [0, 0.1) is 22.5 Å². The lowest BCUT2D eigenvalue weighted by atomic mass is 10.2. The van der Waals surface area contributed by atoms with E-state index in [1.165, 1.54) is 23.5 Å². The van der Waals surface area contributed by atoms with Crippen molar-refractivity contribution in [1.29, 1.82) is 0 Å². The van der Waals surface area contributed by atoms with Gasteiger partial charge in [-0.05, 0) is 30.7 Å². The Balaban J connectivity index is 2.00. The summed E-state index contributed by atoms with van der Waals surface area (Å²) >= 11 is 1.25. The zero-order valence-corrected chi connectivity index (χ0v) is 16.6. The minimum atomic E-state index is -0.469. The summed E-state index contributed by atoms with van der Waals surface area (Å²) in [5, 5.41) is 11.1. The normalized spacial score (nSPS) is 11.4. The van der Waals surface area contributed by atoms with Gasteiger partial charge in [-0.25, -0.2) is 0 Å². The molecule has 8 heteroatoms. The molecule has 0 radical (unpaired) electrons. The van der Waals surface area contributed by atoms with E-state index in [4.69, 9.17) is 11.2 Å². The van der Waals surface area contributed by atoms with E-state index in [0.717, 1.165) is 17.5 Å². The Labute approximate surface area is 171 Å². The van der Waals surface area contributed by atoms with Gasteiger partial charge >= 0.3 is 0 Å². The first-order valence-corrected chi connectivity index (χ1v) is 9.88. The van der Waals surface area contributed by atoms with Gasteiger partial charge in [-0.3, -0.25) is 14.9 Å². The second-order valence-corrected chi connectivity index (χ2v) is 7.24. The van der Waals surface area contributed by atoms with Crippen molar-refractivity contribution in [3.05, 3.63) is 62.9 Å². The summed E-state index contributed by atoms with van der Waals surface area (Å²) in [7, 11) is 0. The smallest absolute Gasteiger partial charge is 0.279 e. The molecule has 7 nitrogen and oxygen atoms in total. The lowest BCUT2D eigenvalue weighted by molar-refractivity contribution is -0.384. The molecule has 1 aromatic heterocycles. The predicted octanol–water partition coefficient (Wildman–Crippen LogP) is 4.16.